The molecule has 7 heteroatoms. The molecular weight excluding hydrogens is 292 g/mol. The van der Waals surface area contributed by atoms with Gasteiger partial charge in [-0.05, 0) is 53.3 Å². The molecule has 0 radical (unpaired) electrons. The largest absolute Gasteiger partial charge is 0.496 e. The Morgan fingerprint density at radius 3 is 3.22 bits per heavy atom. The number of methoxy groups -OCH3 is 1. The molecule has 4 rings (SSSR count). The first-order chi connectivity index (χ1) is 11.3. The normalized spacial score (nSPS) is 17.5. The van der Waals surface area contributed by atoms with Gasteiger partial charge in [0.1, 0.15) is 5.75 Å². The number of aromatic nitrogens is 5. The van der Waals surface area contributed by atoms with Gasteiger partial charge in [0.25, 0.3) is 0 Å². The number of tetrazole rings is 1. The van der Waals surface area contributed by atoms with Crippen LogP contribution in [0.4, 0.5) is 5.82 Å². The summed E-state index contributed by atoms with van der Waals surface area (Å²) in [5.74, 6) is 1.72. The van der Waals surface area contributed by atoms with Crippen LogP contribution in [0, 0.1) is 0 Å². The smallest absolute Gasteiger partial charge is 0.221 e. The van der Waals surface area contributed by atoms with Gasteiger partial charge >= 0.3 is 0 Å². The van der Waals surface area contributed by atoms with Crippen molar-refractivity contribution in [2.24, 2.45) is 0 Å². The van der Waals surface area contributed by atoms with E-state index in [1.165, 1.54) is 11.1 Å². The van der Waals surface area contributed by atoms with Crippen LogP contribution < -0.4 is 10.1 Å². The fraction of sp³-hybridized carbons (Fsp3) is 0.375. The molecule has 118 valence electrons. The summed E-state index contributed by atoms with van der Waals surface area (Å²) in [5.41, 5.74) is 3.32. The lowest BCUT2D eigenvalue weighted by atomic mass is 10.0. The predicted octanol–water partition coefficient (Wildman–Crippen LogP) is 1.89. The van der Waals surface area contributed by atoms with Gasteiger partial charge in [-0.3, -0.25) is 0 Å². The van der Waals surface area contributed by atoms with E-state index in [9.17, 15) is 0 Å². The zero-order valence-corrected chi connectivity index (χ0v) is 12.9. The van der Waals surface area contributed by atoms with E-state index in [1.807, 2.05) is 6.07 Å². The number of rotatable bonds is 3. The molecule has 0 saturated heterocycles. The number of benzene rings is 1. The molecule has 1 aliphatic rings. The van der Waals surface area contributed by atoms with Gasteiger partial charge in [-0.2, -0.15) is 4.52 Å². The predicted molar refractivity (Wildman–Crippen MR) is 85.6 cm³/mol. The molecule has 0 aliphatic heterocycles. The molecule has 0 amide bonds. The van der Waals surface area contributed by atoms with Gasteiger partial charge in [0, 0.05) is 12.2 Å². The Balaban J connectivity index is 1.62. The molecule has 2 heterocycles. The first kappa shape index (κ1) is 13.9. The second kappa shape index (κ2) is 5.83. The van der Waals surface area contributed by atoms with Crippen molar-refractivity contribution in [3.8, 4) is 5.75 Å². The van der Waals surface area contributed by atoms with Crippen molar-refractivity contribution in [2.75, 3.05) is 12.4 Å². The fourth-order valence-electron chi connectivity index (χ4n) is 3.27. The van der Waals surface area contributed by atoms with Gasteiger partial charge < -0.3 is 10.1 Å². The summed E-state index contributed by atoms with van der Waals surface area (Å²) in [6, 6.07) is 6.58. The van der Waals surface area contributed by atoms with Crippen molar-refractivity contribution < 1.29 is 4.74 Å². The van der Waals surface area contributed by atoms with E-state index in [4.69, 9.17) is 4.74 Å². The van der Waals surface area contributed by atoms with E-state index >= 15 is 0 Å². The Morgan fingerprint density at radius 2 is 2.30 bits per heavy atom. The highest BCUT2D eigenvalue weighted by atomic mass is 16.5. The molecule has 1 aliphatic carbocycles. The lowest BCUT2D eigenvalue weighted by Crippen LogP contribution is -2.22. The number of anilines is 1. The van der Waals surface area contributed by atoms with Crippen molar-refractivity contribution in [3.05, 3.63) is 41.7 Å². The van der Waals surface area contributed by atoms with Crippen LogP contribution in [0.3, 0.4) is 0 Å². The van der Waals surface area contributed by atoms with Crippen LogP contribution in [0.25, 0.3) is 5.65 Å². The SMILES string of the molecule is COc1cccc2c1CCCC(Nc1nccn3nnnc13)C2. The molecule has 23 heavy (non-hydrogen) atoms. The number of nitrogens with zero attached hydrogens (tertiary/aromatic N) is 5. The quantitative estimate of drug-likeness (QED) is 0.744. The monoisotopic (exact) mass is 310 g/mol. The molecule has 0 fully saturated rings. The second-order valence-electron chi connectivity index (χ2n) is 5.76. The van der Waals surface area contributed by atoms with E-state index in [0.717, 1.165) is 37.3 Å². The van der Waals surface area contributed by atoms with Crippen LogP contribution in [0.1, 0.15) is 24.0 Å². The van der Waals surface area contributed by atoms with Crippen LogP contribution in [0.15, 0.2) is 30.6 Å². The number of fused-ring (bicyclic) bond motifs is 2. The molecule has 0 spiro atoms. The summed E-state index contributed by atoms with van der Waals surface area (Å²) in [6.45, 7) is 0. The van der Waals surface area contributed by atoms with Gasteiger partial charge in [0.15, 0.2) is 5.82 Å². The molecule has 2 aromatic heterocycles. The third kappa shape index (κ3) is 2.58. The molecule has 1 atom stereocenters. The second-order valence-corrected chi connectivity index (χ2v) is 5.76. The Morgan fingerprint density at radius 1 is 1.35 bits per heavy atom. The Labute approximate surface area is 133 Å². The third-order valence-corrected chi connectivity index (χ3v) is 4.35. The first-order valence-corrected chi connectivity index (χ1v) is 7.79. The Kier molecular flexibility index (Phi) is 3.53. The van der Waals surface area contributed by atoms with Gasteiger partial charge in [0.05, 0.1) is 13.3 Å². The molecule has 1 aromatic carbocycles. The van der Waals surface area contributed by atoms with Gasteiger partial charge in [-0.1, -0.05) is 12.1 Å². The van der Waals surface area contributed by atoms with E-state index < -0.39 is 0 Å². The van der Waals surface area contributed by atoms with Gasteiger partial charge in [0.2, 0.25) is 5.65 Å². The average Bonchev–Trinajstić information content (AvgIpc) is 2.96. The lowest BCUT2D eigenvalue weighted by Gasteiger charge is -2.17. The third-order valence-electron chi connectivity index (χ3n) is 4.35. The molecule has 3 aromatic rings. The maximum atomic E-state index is 5.51. The molecule has 0 saturated carbocycles. The molecule has 1 N–H and O–H groups in total. The Hall–Kier alpha value is -2.70. The van der Waals surface area contributed by atoms with E-state index in [0.29, 0.717) is 11.7 Å². The molecule has 0 bridgehead atoms. The van der Waals surface area contributed by atoms with Crippen molar-refractivity contribution in [2.45, 2.75) is 31.7 Å². The lowest BCUT2D eigenvalue weighted by molar-refractivity contribution is 0.409. The van der Waals surface area contributed by atoms with E-state index in [-0.39, 0.29) is 0 Å². The molecular formula is C16H18N6O. The maximum Gasteiger partial charge on any atom is 0.221 e. The van der Waals surface area contributed by atoms with Crippen LogP contribution >= 0.6 is 0 Å². The van der Waals surface area contributed by atoms with Crippen molar-refractivity contribution >= 4 is 11.5 Å². The van der Waals surface area contributed by atoms with Gasteiger partial charge in [-0.15, -0.1) is 5.10 Å². The van der Waals surface area contributed by atoms with E-state index in [1.54, 1.807) is 24.0 Å². The summed E-state index contributed by atoms with van der Waals surface area (Å²) >= 11 is 0. The van der Waals surface area contributed by atoms with Crippen LogP contribution in [-0.2, 0) is 12.8 Å². The van der Waals surface area contributed by atoms with Crippen LogP contribution in [0.2, 0.25) is 0 Å². The highest BCUT2D eigenvalue weighted by Crippen LogP contribution is 2.29. The maximum absolute atomic E-state index is 5.51. The number of ether oxygens (including phenoxy) is 1. The summed E-state index contributed by atoms with van der Waals surface area (Å²) in [7, 11) is 1.74. The zero-order valence-electron chi connectivity index (χ0n) is 12.9. The average molecular weight is 310 g/mol. The summed E-state index contributed by atoms with van der Waals surface area (Å²) in [5, 5.41) is 15.2. The fourth-order valence-corrected chi connectivity index (χ4v) is 3.27. The van der Waals surface area contributed by atoms with Crippen molar-refractivity contribution in [1.82, 2.24) is 25.0 Å². The number of nitrogens with one attached hydrogen (secondary N) is 1. The summed E-state index contributed by atoms with van der Waals surface area (Å²) in [4.78, 5) is 4.39. The van der Waals surface area contributed by atoms with Crippen molar-refractivity contribution in [3.63, 3.8) is 0 Å². The van der Waals surface area contributed by atoms with Crippen LogP contribution in [-0.4, -0.2) is 38.2 Å². The summed E-state index contributed by atoms with van der Waals surface area (Å²) < 4.78 is 7.13. The minimum Gasteiger partial charge on any atom is -0.496 e. The van der Waals surface area contributed by atoms with Crippen LogP contribution in [0.5, 0.6) is 5.75 Å². The minimum atomic E-state index is 0.304. The number of hydrogen-bond donors (Lipinski definition) is 1. The van der Waals surface area contributed by atoms with Gasteiger partial charge in [-0.25, -0.2) is 4.98 Å². The highest BCUT2D eigenvalue weighted by Gasteiger charge is 2.20. The van der Waals surface area contributed by atoms with Crippen molar-refractivity contribution in [1.29, 1.82) is 0 Å². The standard InChI is InChI=1S/C16H18N6O/c1-23-14-7-2-4-11-10-12(5-3-6-13(11)14)18-15-16-19-20-21-22(16)9-8-17-15/h2,4,7-9,12H,3,5-6,10H2,1H3,(H,17,18). The number of hydrogen-bond acceptors (Lipinski definition) is 6. The topological polar surface area (TPSA) is 77.2 Å². The zero-order chi connectivity index (χ0) is 15.6. The first-order valence-electron chi connectivity index (χ1n) is 7.79. The molecule has 7 nitrogen and oxygen atoms in total. The van der Waals surface area contributed by atoms with E-state index in [2.05, 4.69) is 38.0 Å². The Bertz CT molecular complexity index is 830. The minimum absolute atomic E-state index is 0.304. The summed E-state index contributed by atoms with van der Waals surface area (Å²) in [6.07, 6.45) is 7.62. The molecule has 1 unspecified atom stereocenters. The highest BCUT2D eigenvalue weighted by molar-refractivity contribution is 5.61.